The summed E-state index contributed by atoms with van der Waals surface area (Å²) in [5.41, 5.74) is 3.51. The molecule has 1 atom stereocenters. The lowest BCUT2D eigenvalue weighted by molar-refractivity contribution is 0.0788. The molecular formula is C30H32FN7O3S. The third-order valence-electron chi connectivity index (χ3n) is 8.21. The minimum atomic E-state index is -3.73. The first-order chi connectivity index (χ1) is 20.3. The van der Waals surface area contributed by atoms with E-state index >= 15 is 0 Å². The molecule has 0 spiro atoms. The van der Waals surface area contributed by atoms with Crippen LogP contribution in [-0.2, 0) is 16.6 Å². The molecule has 0 aliphatic carbocycles. The zero-order valence-electron chi connectivity index (χ0n) is 23.0. The Morgan fingerprint density at radius 1 is 0.905 bits per heavy atom. The Morgan fingerprint density at radius 2 is 1.57 bits per heavy atom. The van der Waals surface area contributed by atoms with Crippen molar-refractivity contribution in [3.8, 4) is 5.95 Å². The Bertz CT molecular complexity index is 1650. The number of sulfonamides is 1. The number of rotatable bonds is 7. The van der Waals surface area contributed by atoms with Crippen molar-refractivity contribution in [3.63, 3.8) is 0 Å². The molecule has 2 aromatic heterocycles. The summed E-state index contributed by atoms with van der Waals surface area (Å²) in [4.78, 5) is 26.5. The lowest BCUT2D eigenvalue weighted by Crippen LogP contribution is -2.34. The van der Waals surface area contributed by atoms with Crippen molar-refractivity contribution in [2.45, 2.75) is 42.5 Å². The normalized spacial score (nSPS) is 18.4. The van der Waals surface area contributed by atoms with Crippen LogP contribution in [0.2, 0.25) is 0 Å². The van der Waals surface area contributed by atoms with E-state index < -0.39 is 15.8 Å². The number of hydrogen-bond donors (Lipinski definition) is 1. The summed E-state index contributed by atoms with van der Waals surface area (Å²) in [7, 11) is -3.73. The first kappa shape index (κ1) is 28.1. The number of carbonyl (C=O) groups excluding carboxylic acids is 1. The Morgan fingerprint density at radius 3 is 2.24 bits per heavy atom. The lowest BCUT2D eigenvalue weighted by Gasteiger charge is -2.32. The molecule has 2 aliphatic heterocycles. The molecule has 218 valence electrons. The summed E-state index contributed by atoms with van der Waals surface area (Å²) in [5.74, 6) is -0.0660. The molecule has 10 nitrogen and oxygen atoms in total. The van der Waals surface area contributed by atoms with Crippen molar-refractivity contribution in [2.75, 3.05) is 26.2 Å². The number of amides is 1. The topological polar surface area (TPSA) is 127 Å². The van der Waals surface area contributed by atoms with Gasteiger partial charge in [-0.1, -0.05) is 42.5 Å². The number of carbonyl (C=O) groups is 1. The first-order valence-corrected chi connectivity index (χ1v) is 15.5. The van der Waals surface area contributed by atoms with Crippen LogP contribution in [0.25, 0.3) is 5.95 Å². The van der Waals surface area contributed by atoms with Crippen LogP contribution >= 0.6 is 0 Å². The predicted molar refractivity (Wildman–Crippen MR) is 154 cm³/mol. The van der Waals surface area contributed by atoms with E-state index in [-0.39, 0.29) is 28.6 Å². The average molecular weight is 590 g/mol. The highest BCUT2D eigenvalue weighted by Gasteiger charge is 2.34. The molecule has 12 heteroatoms. The molecule has 2 fully saturated rings. The van der Waals surface area contributed by atoms with Gasteiger partial charge in [0.2, 0.25) is 10.0 Å². The van der Waals surface area contributed by atoms with Crippen LogP contribution in [0.15, 0.2) is 78.1 Å². The van der Waals surface area contributed by atoms with E-state index in [9.17, 15) is 17.6 Å². The van der Waals surface area contributed by atoms with Crippen molar-refractivity contribution in [1.82, 2.24) is 29.5 Å². The monoisotopic (exact) mass is 589 g/mol. The van der Waals surface area contributed by atoms with E-state index in [1.807, 2.05) is 23.1 Å². The molecule has 4 aromatic rings. The third-order valence-corrected chi connectivity index (χ3v) is 9.14. The number of halogens is 1. The van der Waals surface area contributed by atoms with Crippen molar-refractivity contribution in [1.29, 1.82) is 0 Å². The molecule has 2 saturated heterocycles. The minimum absolute atomic E-state index is 0.0219. The number of primary sulfonamides is 1. The Kier molecular flexibility index (Phi) is 7.84. The second-order valence-corrected chi connectivity index (χ2v) is 12.5. The van der Waals surface area contributed by atoms with Gasteiger partial charge in [-0.2, -0.15) is 5.10 Å². The number of nitrogens with two attached hydrogens (primary N) is 1. The van der Waals surface area contributed by atoms with Crippen molar-refractivity contribution < 1.29 is 17.6 Å². The van der Waals surface area contributed by atoms with Gasteiger partial charge in [0.05, 0.1) is 34.7 Å². The van der Waals surface area contributed by atoms with E-state index in [4.69, 9.17) is 5.14 Å². The van der Waals surface area contributed by atoms with Crippen molar-refractivity contribution >= 4 is 15.9 Å². The van der Waals surface area contributed by atoms with E-state index in [0.29, 0.717) is 25.2 Å². The summed E-state index contributed by atoms with van der Waals surface area (Å²) in [5, 5.41) is 9.75. The van der Waals surface area contributed by atoms with Gasteiger partial charge in [-0.3, -0.25) is 9.69 Å². The number of hydrogen-bond acceptors (Lipinski definition) is 7. The molecule has 2 aliphatic rings. The van der Waals surface area contributed by atoms with E-state index in [2.05, 4.69) is 32.1 Å². The second kappa shape index (κ2) is 11.7. The third kappa shape index (κ3) is 5.96. The summed E-state index contributed by atoms with van der Waals surface area (Å²) in [6, 6.07) is 16.9. The Labute approximate surface area is 244 Å². The number of likely N-dealkylation sites (tertiary alicyclic amines) is 2. The van der Waals surface area contributed by atoms with Crippen LogP contribution in [0.5, 0.6) is 0 Å². The predicted octanol–water partition coefficient (Wildman–Crippen LogP) is 3.46. The lowest BCUT2D eigenvalue weighted by atomic mass is 9.90. The molecule has 6 rings (SSSR count). The molecule has 0 saturated carbocycles. The smallest absolute Gasteiger partial charge is 0.257 e. The molecule has 4 heterocycles. The van der Waals surface area contributed by atoms with Crippen LogP contribution in [0, 0.1) is 5.82 Å². The maximum absolute atomic E-state index is 13.9. The van der Waals surface area contributed by atoms with E-state index in [0.717, 1.165) is 56.0 Å². The van der Waals surface area contributed by atoms with E-state index in [1.54, 1.807) is 23.0 Å². The molecule has 2 N–H and O–H groups in total. The van der Waals surface area contributed by atoms with Crippen LogP contribution in [0.3, 0.4) is 0 Å². The highest BCUT2D eigenvalue weighted by atomic mass is 32.2. The maximum atomic E-state index is 13.9. The van der Waals surface area contributed by atoms with Gasteiger partial charge >= 0.3 is 0 Å². The van der Waals surface area contributed by atoms with Crippen LogP contribution in [-0.4, -0.2) is 70.1 Å². The molecular weight excluding hydrogens is 557 g/mol. The van der Waals surface area contributed by atoms with Gasteiger partial charge < -0.3 is 4.90 Å². The van der Waals surface area contributed by atoms with Gasteiger partial charge in [0.15, 0.2) is 5.82 Å². The summed E-state index contributed by atoms with van der Waals surface area (Å²) in [6.07, 6.45) is 6.24. The summed E-state index contributed by atoms with van der Waals surface area (Å²) >= 11 is 0. The van der Waals surface area contributed by atoms with Crippen molar-refractivity contribution in [2.24, 2.45) is 5.14 Å². The standard InChI is InChI=1S/C30H32FN7O3S/c31-25-16-33-30(34-17-25)38-28(23-10-13-36(14-11-23)19-21-6-8-26(9-7-21)42(32,40)41)27(18-35-38)29(39)37-15-12-24(20-37)22-4-2-1-3-5-22/h1-9,16-18,23-24H,10-15,19-20H2,(H2,32,40,41)/t24-/m0/s1. The Balaban J connectivity index is 1.21. The fourth-order valence-corrected chi connectivity index (χ4v) is 6.52. The quantitative estimate of drug-likeness (QED) is 0.350. The number of aromatic nitrogens is 4. The molecule has 42 heavy (non-hydrogen) atoms. The van der Waals surface area contributed by atoms with Gasteiger partial charge in [0.1, 0.15) is 0 Å². The summed E-state index contributed by atoms with van der Waals surface area (Å²) in [6.45, 7) is 3.51. The molecule has 0 unspecified atom stereocenters. The first-order valence-electron chi connectivity index (χ1n) is 14.0. The van der Waals surface area contributed by atoms with E-state index in [1.165, 1.54) is 17.7 Å². The molecule has 0 radical (unpaired) electrons. The SMILES string of the molecule is NS(=O)(=O)c1ccc(CN2CCC(c3c(C(=O)N4CC[C@H](c5ccccc5)C4)cnn3-c3ncc(F)cn3)CC2)cc1. The minimum Gasteiger partial charge on any atom is -0.338 e. The van der Waals surface area contributed by atoms with Crippen LogP contribution in [0.4, 0.5) is 4.39 Å². The largest absolute Gasteiger partial charge is 0.338 e. The highest BCUT2D eigenvalue weighted by molar-refractivity contribution is 7.89. The fourth-order valence-electron chi connectivity index (χ4n) is 6.01. The molecule has 2 aromatic carbocycles. The van der Waals surface area contributed by atoms with Gasteiger partial charge in [-0.05, 0) is 55.6 Å². The highest BCUT2D eigenvalue weighted by Crippen LogP contribution is 2.34. The van der Waals surface area contributed by atoms with Gasteiger partial charge in [-0.15, -0.1) is 0 Å². The van der Waals surface area contributed by atoms with Crippen LogP contribution < -0.4 is 5.14 Å². The second-order valence-electron chi connectivity index (χ2n) is 10.9. The fraction of sp³-hybridized carbons (Fsp3) is 0.333. The summed E-state index contributed by atoms with van der Waals surface area (Å²) < 4.78 is 38.4. The van der Waals surface area contributed by atoms with Gasteiger partial charge in [0, 0.05) is 31.5 Å². The number of benzene rings is 2. The zero-order chi connectivity index (χ0) is 29.3. The Hall–Kier alpha value is -4.00. The van der Waals surface area contributed by atoms with Crippen LogP contribution in [0.1, 0.15) is 58.3 Å². The maximum Gasteiger partial charge on any atom is 0.257 e. The zero-order valence-corrected chi connectivity index (χ0v) is 23.8. The van der Waals surface area contributed by atoms with Gasteiger partial charge in [-0.25, -0.2) is 32.6 Å². The van der Waals surface area contributed by atoms with Gasteiger partial charge in [0.25, 0.3) is 11.9 Å². The number of piperidine rings is 1. The number of nitrogens with zero attached hydrogens (tertiary/aromatic N) is 6. The molecule has 0 bridgehead atoms. The molecule has 1 amide bonds. The average Bonchev–Trinajstić information content (AvgIpc) is 3.67. The van der Waals surface area contributed by atoms with Crippen molar-refractivity contribution in [3.05, 3.63) is 101 Å².